The van der Waals surface area contributed by atoms with E-state index in [2.05, 4.69) is 20.9 Å². The SMILES string of the molecule is CN=C(NCCc1cccc(C(=O)NC)c1)NC1CCC(C(F)(F)F)CC1.I. The van der Waals surface area contributed by atoms with Gasteiger partial charge in [-0.05, 0) is 49.8 Å². The number of benzene rings is 1. The summed E-state index contributed by atoms with van der Waals surface area (Å²) in [6.45, 7) is 0.606. The van der Waals surface area contributed by atoms with Crippen molar-refractivity contribution in [3.05, 3.63) is 35.4 Å². The summed E-state index contributed by atoms with van der Waals surface area (Å²) in [5.41, 5.74) is 1.63. The van der Waals surface area contributed by atoms with E-state index in [0.29, 0.717) is 37.3 Å². The van der Waals surface area contributed by atoms with Gasteiger partial charge in [0.1, 0.15) is 0 Å². The number of aliphatic imine (C=N–C) groups is 1. The van der Waals surface area contributed by atoms with Gasteiger partial charge < -0.3 is 16.0 Å². The third-order valence-corrected chi connectivity index (χ3v) is 4.88. The second kappa shape index (κ2) is 11.5. The van der Waals surface area contributed by atoms with Crippen LogP contribution >= 0.6 is 24.0 Å². The second-order valence-electron chi connectivity index (χ2n) is 6.76. The van der Waals surface area contributed by atoms with Crippen LogP contribution in [0.15, 0.2) is 29.3 Å². The zero-order valence-electron chi connectivity index (χ0n) is 16.1. The van der Waals surface area contributed by atoms with E-state index in [0.717, 1.165) is 5.56 Å². The monoisotopic (exact) mass is 512 g/mol. The van der Waals surface area contributed by atoms with Gasteiger partial charge in [0.2, 0.25) is 0 Å². The Morgan fingerprint density at radius 1 is 1.21 bits per heavy atom. The number of amides is 1. The Morgan fingerprint density at radius 2 is 1.89 bits per heavy atom. The molecule has 28 heavy (non-hydrogen) atoms. The number of hydrogen-bond donors (Lipinski definition) is 3. The summed E-state index contributed by atoms with van der Waals surface area (Å²) in [4.78, 5) is 15.8. The van der Waals surface area contributed by atoms with Crippen LogP contribution in [-0.4, -0.2) is 44.7 Å². The molecule has 0 bridgehead atoms. The van der Waals surface area contributed by atoms with Crippen LogP contribution in [0, 0.1) is 5.92 Å². The van der Waals surface area contributed by atoms with Crippen LogP contribution in [0.4, 0.5) is 13.2 Å². The third kappa shape index (κ3) is 7.48. The van der Waals surface area contributed by atoms with E-state index < -0.39 is 12.1 Å². The highest BCUT2D eigenvalue weighted by molar-refractivity contribution is 14.0. The molecule has 158 valence electrons. The van der Waals surface area contributed by atoms with Gasteiger partial charge in [-0.3, -0.25) is 9.79 Å². The molecule has 1 amide bonds. The Hall–Kier alpha value is -1.52. The summed E-state index contributed by atoms with van der Waals surface area (Å²) < 4.78 is 38.2. The molecule has 3 N–H and O–H groups in total. The maximum absolute atomic E-state index is 12.7. The highest BCUT2D eigenvalue weighted by atomic mass is 127. The largest absolute Gasteiger partial charge is 0.391 e. The summed E-state index contributed by atoms with van der Waals surface area (Å²) in [7, 11) is 3.23. The summed E-state index contributed by atoms with van der Waals surface area (Å²) in [5.74, 6) is -0.720. The van der Waals surface area contributed by atoms with Crippen molar-refractivity contribution in [3.63, 3.8) is 0 Å². The average Bonchev–Trinajstić information content (AvgIpc) is 2.66. The first-order chi connectivity index (χ1) is 12.8. The normalized spacial score (nSPS) is 20.1. The van der Waals surface area contributed by atoms with Gasteiger partial charge in [0.15, 0.2) is 5.96 Å². The van der Waals surface area contributed by atoms with Crippen LogP contribution in [0.2, 0.25) is 0 Å². The Morgan fingerprint density at radius 3 is 2.46 bits per heavy atom. The molecule has 9 heteroatoms. The van der Waals surface area contributed by atoms with Gasteiger partial charge in [-0.1, -0.05) is 12.1 Å². The zero-order chi connectivity index (χ0) is 19.9. The molecule has 0 saturated heterocycles. The topological polar surface area (TPSA) is 65.5 Å². The lowest BCUT2D eigenvalue weighted by molar-refractivity contribution is -0.182. The molecule has 0 aliphatic heterocycles. The molecule has 1 saturated carbocycles. The predicted molar refractivity (Wildman–Crippen MR) is 115 cm³/mol. The summed E-state index contributed by atoms with van der Waals surface area (Å²) in [6, 6.07) is 7.39. The average molecular weight is 512 g/mol. The van der Waals surface area contributed by atoms with E-state index in [1.165, 1.54) is 0 Å². The van der Waals surface area contributed by atoms with Crippen molar-refractivity contribution in [2.45, 2.75) is 44.3 Å². The summed E-state index contributed by atoms with van der Waals surface area (Å²) in [5, 5.41) is 8.99. The number of carbonyl (C=O) groups excluding carboxylic acids is 1. The molecule has 0 radical (unpaired) electrons. The van der Waals surface area contributed by atoms with Crippen LogP contribution in [0.25, 0.3) is 0 Å². The van der Waals surface area contributed by atoms with Crippen molar-refractivity contribution in [2.75, 3.05) is 20.6 Å². The van der Waals surface area contributed by atoms with Crippen LogP contribution in [0.1, 0.15) is 41.6 Å². The minimum atomic E-state index is -4.09. The molecule has 0 aromatic heterocycles. The van der Waals surface area contributed by atoms with Gasteiger partial charge in [0, 0.05) is 32.2 Å². The second-order valence-corrected chi connectivity index (χ2v) is 6.76. The van der Waals surface area contributed by atoms with E-state index >= 15 is 0 Å². The van der Waals surface area contributed by atoms with Crippen LogP contribution < -0.4 is 16.0 Å². The fourth-order valence-electron chi connectivity index (χ4n) is 3.29. The fourth-order valence-corrected chi connectivity index (χ4v) is 3.29. The highest BCUT2D eigenvalue weighted by Crippen LogP contribution is 2.37. The number of nitrogens with zero attached hydrogens (tertiary/aromatic N) is 1. The number of alkyl halides is 3. The van der Waals surface area contributed by atoms with Gasteiger partial charge in [-0.2, -0.15) is 13.2 Å². The first kappa shape index (κ1) is 24.5. The highest BCUT2D eigenvalue weighted by Gasteiger charge is 2.41. The Labute approximate surface area is 181 Å². The number of hydrogen-bond acceptors (Lipinski definition) is 2. The van der Waals surface area contributed by atoms with E-state index in [-0.39, 0.29) is 48.8 Å². The molecule has 0 spiro atoms. The maximum Gasteiger partial charge on any atom is 0.391 e. The van der Waals surface area contributed by atoms with E-state index in [4.69, 9.17) is 0 Å². The van der Waals surface area contributed by atoms with Crippen molar-refractivity contribution < 1.29 is 18.0 Å². The van der Waals surface area contributed by atoms with Crippen molar-refractivity contribution in [2.24, 2.45) is 10.9 Å². The number of rotatable bonds is 5. The number of nitrogens with one attached hydrogen (secondary N) is 3. The quantitative estimate of drug-likeness (QED) is 0.322. The molecular weight excluding hydrogens is 484 g/mol. The van der Waals surface area contributed by atoms with Gasteiger partial charge >= 0.3 is 6.18 Å². The Balaban J connectivity index is 0.00000392. The smallest absolute Gasteiger partial charge is 0.356 e. The molecule has 1 aliphatic carbocycles. The molecule has 1 aromatic rings. The molecule has 0 heterocycles. The van der Waals surface area contributed by atoms with Crippen LogP contribution in [0.3, 0.4) is 0 Å². The van der Waals surface area contributed by atoms with Crippen LogP contribution in [0.5, 0.6) is 0 Å². The summed E-state index contributed by atoms with van der Waals surface area (Å²) in [6.07, 6.45) is -2.10. The van der Waals surface area contributed by atoms with E-state index in [1.807, 2.05) is 18.2 Å². The molecule has 5 nitrogen and oxygen atoms in total. The first-order valence-electron chi connectivity index (χ1n) is 9.18. The first-order valence-corrected chi connectivity index (χ1v) is 9.18. The minimum Gasteiger partial charge on any atom is -0.356 e. The Kier molecular flexibility index (Phi) is 10.0. The molecule has 2 rings (SSSR count). The lowest BCUT2D eigenvalue weighted by Crippen LogP contribution is -2.46. The van der Waals surface area contributed by atoms with Gasteiger partial charge in [0.05, 0.1) is 5.92 Å². The molecule has 0 unspecified atom stereocenters. The van der Waals surface area contributed by atoms with Crippen molar-refractivity contribution in [3.8, 4) is 0 Å². The summed E-state index contributed by atoms with van der Waals surface area (Å²) >= 11 is 0. The lowest BCUT2D eigenvalue weighted by Gasteiger charge is -2.31. The van der Waals surface area contributed by atoms with Crippen molar-refractivity contribution >= 4 is 35.8 Å². The van der Waals surface area contributed by atoms with Gasteiger partial charge in [-0.25, -0.2) is 0 Å². The molecular formula is C19H28F3IN4O. The standard InChI is InChI=1S/C19H27F3N4O.HI/c1-23-17(27)14-5-3-4-13(12-14)10-11-25-18(24-2)26-16-8-6-15(7-9-16)19(20,21)22;/h3-5,12,15-16H,6-11H2,1-2H3,(H,23,27)(H2,24,25,26);1H. The fraction of sp³-hybridized carbons (Fsp3) is 0.579. The number of guanidine groups is 1. The molecule has 1 aliphatic rings. The van der Waals surface area contributed by atoms with Crippen LogP contribution in [-0.2, 0) is 6.42 Å². The predicted octanol–water partition coefficient (Wildman–Crippen LogP) is 3.49. The number of halogens is 4. The zero-order valence-corrected chi connectivity index (χ0v) is 18.4. The number of carbonyl (C=O) groups is 1. The van der Waals surface area contributed by atoms with Gasteiger partial charge in [-0.15, -0.1) is 24.0 Å². The Bertz CT molecular complexity index is 659. The molecule has 1 fully saturated rings. The van der Waals surface area contributed by atoms with Gasteiger partial charge in [0.25, 0.3) is 5.91 Å². The lowest BCUT2D eigenvalue weighted by atomic mass is 9.85. The van der Waals surface area contributed by atoms with E-state index in [9.17, 15) is 18.0 Å². The van der Waals surface area contributed by atoms with Crippen molar-refractivity contribution in [1.29, 1.82) is 0 Å². The molecule has 1 aromatic carbocycles. The third-order valence-electron chi connectivity index (χ3n) is 4.88. The minimum absolute atomic E-state index is 0. The van der Waals surface area contributed by atoms with Crippen molar-refractivity contribution in [1.82, 2.24) is 16.0 Å². The maximum atomic E-state index is 12.7. The van der Waals surface area contributed by atoms with E-state index in [1.54, 1.807) is 20.2 Å². The molecule has 0 atom stereocenters.